The van der Waals surface area contributed by atoms with Gasteiger partial charge in [0.2, 0.25) is 5.91 Å². The lowest BCUT2D eigenvalue weighted by Crippen LogP contribution is -2.32. The second kappa shape index (κ2) is 6.67. The van der Waals surface area contributed by atoms with Crippen LogP contribution in [0.15, 0.2) is 24.3 Å². The molecule has 120 valence electrons. The number of rotatable bonds is 3. The molecule has 0 radical (unpaired) electrons. The average molecular weight is 302 g/mol. The molecule has 0 spiro atoms. The van der Waals surface area contributed by atoms with E-state index in [1.807, 2.05) is 12.1 Å². The van der Waals surface area contributed by atoms with E-state index in [-0.39, 0.29) is 23.9 Å². The van der Waals surface area contributed by atoms with Gasteiger partial charge in [-0.3, -0.25) is 4.79 Å². The Morgan fingerprint density at radius 2 is 1.68 bits per heavy atom. The predicted molar refractivity (Wildman–Crippen MR) is 89.8 cm³/mol. The normalized spacial score (nSPS) is 28.6. The van der Waals surface area contributed by atoms with Gasteiger partial charge in [0.25, 0.3) is 0 Å². The minimum absolute atomic E-state index is 0.107. The maximum Gasteiger partial charge on any atom is 0.227 e. The summed E-state index contributed by atoms with van der Waals surface area (Å²) in [5.41, 5.74) is 13.9. The van der Waals surface area contributed by atoms with Crippen LogP contribution in [0.3, 0.4) is 0 Å². The Bertz CT molecular complexity index is 508. The van der Waals surface area contributed by atoms with Gasteiger partial charge in [-0.2, -0.15) is 0 Å². The van der Waals surface area contributed by atoms with Gasteiger partial charge < -0.3 is 21.7 Å². The number of hydrogen-bond acceptors (Lipinski definition) is 4. The number of anilines is 2. The summed E-state index contributed by atoms with van der Waals surface area (Å²) in [4.78, 5) is 14.6. The Kier molecular flexibility index (Phi) is 4.64. The Morgan fingerprint density at radius 1 is 1.00 bits per heavy atom. The molecule has 5 heteroatoms. The molecule has 1 aliphatic carbocycles. The molecule has 2 aliphatic rings. The van der Waals surface area contributed by atoms with Crippen molar-refractivity contribution in [3.8, 4) is 0 Å². The molecule has 1 aromatic rings. The first-order chi connectivity index (χ1) is 10.6. The van der Waals surface area contributed by atoms with E-state index in [2.05, 4.69) is 22.3 Å². The van der Waals surface area contributed by atoms with Crippen molar-refractivity contribution in [2.24, 2.45) is 17.4 Å². The molecule has 1 heterocycles. The van der Waals surface area contributed by atoms with Gasteiger partial charge in [0, 0.05) is 42.5 Å². The monoisotopic (exact) mass is 302 g/mol. The Labute approximate surface area is 132 Å². The van der Waals surface area contributed by atoms with Crippen LogP contribution < -0.4 is 21.7 Å². The van der Waals surface area contributed by atoms with Crippen molar-refractivity contribution in [1.29, 1.82) is 0 Å². The van der Waals surface area contributed by atoms with Gasteiger partial charge in [-0.15, -0.1) is 0 Å². The zero-order valence-electron chi connectivity index (χ0n) is 13.0. The van der Waals surface area contributed by atoms with Gasteiger partial charge in [-0.05, 0) is 56.4 Å². The number of nitrogens with one attached hydrogen (secondary N) is 1. The van der Waals surface area contributed by atoms with Gasteiger partial charge in [-0.25, -0.2) is 0 Å². The minimum atomic E-state index is 0.107. The maximum atomic E-state index is 12.3. The van der Waals surface area contributed by atoms with Crippen molar-refractivity contribution in [3.05, 3.63) is 24.3 Å². The summed E-state index contributed by atoms with van der Waals surface area (Å²) in [7, 11) is 0. The highest BCUT2D eigenvalue weighted by Crippen LogP contribution is 2.26. The molecular formula is C17H26N4O. The van der Waals surface area contributed by atoms with Crippen LogP contribution in [0.25, 0.3) is 0 Å². The van der Waals surface area contributed by atoms with E-state index in [0.717, 1.165) is 50.9 Å². The number of nitrogens with zero attached hydrogens (tertiary/aromatic N) is 1. The number of carbonyl (C=O) groups is 1. The van der Waals surface area contributed by atoms with Gasteiger partial charge in [-0.1, -0.05) is 0 Å². The lowest BCUT2D eigenvalue weighted by Gasteiger charge is -2.25. The molecule has 1 saturated heterocycles. The summed E-state index contributed by atoms with van der Waals surface area (Å²) < 4.78 is 0. The van der Waals surface area contributed by atoms with Crippen molar-refractivity contribution >= 4 is 17.3 Å². The third kappa shape index (κ3) is 3.59. The molecule has 22 heavy (non-hydrogen) atoms. The first-order valence-electron chi connectivity index (χ1n) is 8.29. The summed E-state index contributed by atoms with van der Waals surface area (Å²) >= 11 is 0. The van der Waals surface area contributed by atoms with Crippen molar-refractivity contribution in [2.45, 2.75) is 44.2 Å². The molecular weight excluding hydrogens is 276 g/mol. The number of amides is 1. The molecule has 1 unspecified atom stereocenters. The van der Waals surface area contributed by atoms with Crippen molar-refractivity contribution < 1.29 is 4.79 Å². The lowest BCUT2D eigenvalue weighted by molar-refractivity contribution is -0.120. The molecule has 0 aromatic heterocycles. The zero-order valence-corrected chi connectivity index (χ0v) is 13.0. The summed E-state index contributed by atoms with van der Waals surface area (Å²) in [6.45, 7) is 1.92. The first kappa shape index (κ1) is 15.3. The lowest BCUT2D eigenvalue weighted by atomic mass is 9.86. The van der Waals surface area contributed by atoms with Crippen molar-refractivity contribution in [3.63, 3.8) is 0 Å². The highest BCUT2D eigenvalue weighted by molar-refractivity contribution is 5.92. The predicted octanol–water partition coefficient (Wildman–Crippen LogP) is 1.68. The topological polar surface area (TPSA) is 84.4 Å². The van der Waals surface area contributed by atoms with Crippen LogP contribution in [0.4, 0.5) is 11.4 Å². The fourth-order valence-corrected chi connectivity index (χ4v) is 3.40. The van der Waals surface area contributed by atoms with Gasteiger partial charge in [0.1, 0.15) is 0 Å². The maximum absolute atomic E-state index is 12.3. The summed E-state index contributed by atoms with van der Waals surface area (Å²) in [5.74, 6) is 0.235. The van der Waals surface area contributed by atoms with E-state index in [1.165, 1.54) is 5.69 Å². The van der Waals surface area contributed by atoms with Crippen LogP contribution in [0, 0.1) is 5.92 Å². The molecule has 1 aromatic carbocycles. The Morgan fingerprint density at radius 3 is 2.27 bits per heavy atom. The van der Waals surface area contributed by atoms with E-state index in [1.54, 1.807) is 0 Å². The SMILES string of the molecule is NC1CCC(C(=O)Nc2ccc(N3CCC(N)C3)cc2)CC1. The van der Waals surface area contributed by atoms with Gasteiger partial charge in [0.05, 0.1) is 0 Å². The zero-order chi connectivity index (χ0) is 15.5. The Hall–Kier alpha value is -1.59. The van der Waals surface area contributed by atoms with Crippen LogP contribution in [-0.4, -0.2) is 31.1 Å². The summed E-state index contributed by atoms with van der Waals surface area (Å²) in [6.07, 6.45) is 4.74. The molecule has 5 N–H and O–H groups in total. The smallest absolute Gasteiger partial charge is 0.227 e. The van der Waals surface area contributed by atoms with Crippen LogP contribution >= 0.6 is 0 Å². The quantitative estimate of drug-likeness (QED) is 0.793. The standard InChI is InChI=1S/C17H26N4O/c18-13-3-1-12(2-4-13)17(22)20-15-5-7-16(8-6-15)21-10-9-14(19)11-21/h5-8,12-14H,1-4,9-11,18-19H2,(H,20,22). The number of nitrogens with two attached hydrogens (primary N) is 2. The summed E-state index contributed by atoms with van der Waals surface area (Å²) in [5, 5.41) is 3.03. The van der Waals surface area contributed by atoms with Crippen molar-refractivity contribution in [1.82, 2.24) is 0 Å². The number of carbonyl (C=O) groups excluding carboxylic acids is 1. The highest BCUT2D eigenvalue weighted by Gasteiger charge is 2.24. The molecule has 1 saturated carbocycles. The first-order valence-corrected chi connectivity index (χ1v) is 8.29. The van der Waals surface area contributed by atoms with E-state index >= 15 is 0 Å². The molecule has 1 atom stereocenters. The summed E-state index contributed by atoms with van der Waals surface area (Å²) in [6, 6.07) is 8.62. The van der Waals surface area contributed by atoms with E-state index in [4.69, 9.17) is 11.5 Å². The van der Waals surface area contributed by atoms with Crippen LogP contribution in [0.1, 0.15) is 32.1 Å². The molecule has 2 fully saturated rings. The third-order valence-corrected chi connectivity index (χ3v) is 4.87. The fourth-order valence-electron chi connectivity index (χ4n) is 3.40. The molecule has 3 rings (SSSR count). The molecule has 1 amide bonds. The van der Waals surface area contributed by atoms with Gasteiger partial charge >= 0.3 is 0 Å². The van der Waals surface area contributed by atoms with Crippen LogP contribution in [-0.2, 0) is 4.79 Å². The van der Waals surface area contributed by atoms with E-state index in [9.17, 15) is 4.79 Å². The van der Waals surface area contributed by atoms with E-state index in [0.29, 0.717) is 0 Å². The highest BCUT2D eigenvalue weighted by atomic mass is 16.1. The second-order valence-electron chi connectivity index (χ2n) is 6.64. The number of benzene rings is 1. The van der Waals surface area contributed by atoms with Crippen LogP contribution in [0.5, 0.6) is 0 Å². The third-order valence-electron chi connectivity index (χ3n) is 4.87. The van der Waals surface area contributed by atoms with Gasteiger partial charge in [0.15, 0.2) is 0 Å². The fraction of sp³-hybridized carbons (Fsp3) is 0.588. The Balaban J connectivity index is 1.55. The van der Waals surface area contributed by atoms with Crippen molar-refractivity contribution in [2.75, 3.05) is 23.3 Å². The molecule has 5 nitrogen and oxygen atoms in total. The van der Waals surface area contributed by atoms with Crippen LogP contribution in [0.2, 0.25) is 0 Å². The van der Waals surface area contributed by atoms with E-state index < -0.39 is 0 Å². The number of hydrogen-bond donors (Lipinski definition) is 3. The second-order valence-corrected chi connectivity index (χ2v) is 6.64. The average Bonchev–Trinajstić information content (AvgIpc) is 2.95. The minimum Gasteiger partial charge on any atom is -0.370 e. The molecule has 0 bridgehead atoms. The molecule has 1 aliphatic heterocycles. The largest absolute Gasteiger partial charge is 0.370 e.